The smallest absolute Gasteiger partial charge is 0.225 e. The topological polar surface area (TPSA) is 60.2 Å². The van der Waals surface area contributed by atoms with Crippen LogP contribution in [0, 0.1) is 23.2 Å². The average Bonchev–Trinajstić information content (AvgIpc) is 2.54. The maximum absolute atomic E-state index is 12.2. The summed E-state index contributed by atoms with van der Waals surface area (Å²) in [6.07, 6.45) is 7.17. The predicted octanol–water partition coefficient (Wildman–Crippen LogP) is 2.43. The quantitative estimate of drug-likeness (QED) is 0.856. The third-order valence-electron chi connectivity index (χ3n) is 5.18. The molecule has 5 nitrogen and oxygen atoms in total. The Morgan fingerprint density at radius 2 is 2.09 bits per heavy atom. The van der Waals surface area contributed by atoms with Gasteiger partial charge in [0.1, 0.15) is 11.9 Å². The largest absolute Gasteiger partial charge is 0.357 e. The first-order valence-electron chi connectivity index (χ1n) is 8.53. The Labute approximate surface area is 137 Å². The highest BCUT2D eigenvalue weighted by Crippen LogP contribution is 2.29. The number of hydrogen-bond donors (Lipinski definition) is 0. The zero-order chi connectivity index (χ0) is 16.2. The SMILES string of the molecule is CN(CC1CCN(c2ccc(C#N)cn2)CC1)C(=O)C1CCC1. The van der Waals surface area contributed by atoms with E-state index in [2.05, 4.69) is 16.0 Å². The first kappa shape index (κ1) is 15.8. The molecule has 122 valence electrons. The van der Waals surface area contributed by atoms with Crippen molar-refractivity contribution in [2.45, 2.75) is 32.1 Å². The van der Waals surface area contributed by atoms with Gasteiger partial charge in [-0.15, -0.1) is 0 Å². The summed E-state index contributed by atoms with van der Waals surface area (Å²) in [5, 5.41) is 8.83. The molecule has 1 aliphatic heterocycles. The number of pyridine rings is 1. The Morgan fingerprint density at radius 3 is 2.61 bits per heavy atom. The summed E-state index contributed by atoms with van der Waals surface area (Å²) in [7, 11) is 1.95. The Bertz CT molecular complexity index is 580. The van der Waals surface area contributed by atoms with Crippen LogP contribution in [0.25, 0.3) is 0 Å². The normalized spacial score (nSPS) is 19.0. The summed E-state index contributed by atoms with van der Waals surface area (Å²) >= 11 is 0. The lowest BCUT2D eigenvalue weighted by atomic mass is 9.84. The van der Waals surface area contributed by atoms with E-state index in [4.69, 9.17) is 5.26 Å². The van der Waals surface area contributed by atoms with Crippen molar-refractivity contribution in [1.29, 1.82) is 5.26 Å². The molecule has 0 N–H and O–H groups in total. The van der Waals surface area contributed by atoms with Crippen LogP contribution < -0.4 is 4.90 Å². The fraction of sp³-hybridized carbons (Fsp3) is 0.611. The van der Waals surface area contributed by atoms with Crippen LogP contribution in [0.2, 0.25) is 0 Å². The minimum absolute atomic E-state index is 0.294. The molecule has 0 unspecified atom stereocenters. The van der Waals surface area contributed by atoms with Gasteiger partial charge in [-0.2, -0.15) is 5.26 Å². The molecule has 0 radical (unpaired) electrons. The third-order valence-corrected chi connectivity index (χ3v) is 5.18. The van der Waals surface area contributed by atoms with E-state index in [0.29, 0.717) is 23.3 Å². The minimum atomic E-state index is 0.294. The number of rotatable bonds is 4. The molecule has 1 aliphatic carbocycles. The predicted molar refractivity (Wildman–Crippen MR) is 88.9 cm³/mol. The molecule has 0 aromatic carbocycles. The third kappa shape index (κ3) is 3.64. The second-order valence-corrected chi connectivity index (χ2v) is 6.79. The van der Waals surface area contributed by atoms with Crippen molar-refractivity contribution in [3.8, 4) is 6.07 Å². The van der Waals surface area contributed by atoms with Crippen LogP contribution in [0.5, 0.6) is 0 Å². The number of hydrogen-bond acceptors (Lipinski definition) is 4. The number of piperidine rings is 1. The fourth-order valence-electron chi connectivity index (χ4n) is 3.43. The van der Waals surface area contributed by atoms with E-state index in [9.17, 15) is 4.79 Å². The highest BCUT2D eigenvalue weighted by Gasteiger charge is 2.29. The zero-order valence-electron chi connectivity index (χ0n) is 13.7. The zero-order valence-corrected chi connectivity index (χ0v) is 13.7. The van der Waals surface area contributed by atoms with E-state index < -0.39 is 0 Å². The molecule has 0 atom stereocenters. The molecule has 2 aliphatic rings. The number of nitrogens with zero attached hydrogens (tertiary/aromatic N) is 4. The van der Waals surface area contributed by atoms with Gasteiger partial charge >= 0.3 is 0 Å². The average molecular weight is 312 g/mol. The molecule has 1 amide bonds. The monoisotopic (exact) mass is 312 g/mol. The lowest BCUT2D eigenvalue weighted by Gasteiger charge is -2.36. The lowest BCUT2D eigenvalue weighted by molar-refractivity contribution is -0.137. The van der Waals surface area contributed by atoms with Crippen molar-refractivity contribution in [1.82, 2.24) is 9.88 Å². The summed E-state index contributed by atoms with van der Waals surface area (Å²) in [6, 6.07) is 5.84. The molecule has 0 bridgehead atoms. The van der Waals surface area contributed by atoms with Gasteiger partial charge in [0.05, 0.1) is 5.56 Å². The molecular formula is C18H24N4O. The summed E-state index contributed by atoms with van der Waals surface area (Å²) in [5.41, 5.74) is 0.597. The van der Waals surface area contributed by atoms with E-state index in [-0.39, 0.29) is 0 Å². The van der Waals surface area contributed by atoms with Crippen molar-refractivity contribution in [2.24, 2.45) is 11.8 Å². The first-order chi connectivity index (χ1) is 11.2. The lowest BCUT2D eigenvalue weighted by Crippen LogP contribution is -2.42. The van der Waals surface area contributed by atoms with Gasteiger partial charge in [0, 0.05) is 38.8 Å². The number of carbonyl (C=O) groups is 1. The number of aromatic nitrogens is 1. The van der Waals surface area contributed by atoms with Crippen LogP contribution >= 0.6 is 0 Å². The Hall–Kier alpha value is -2.09. The van der Waals surface area contributed by atoms with Crippen molar-refractivity contribution in [3.05, 3.63) is 23.9 Å². The summed E-state index contributed by atoms with van der Waals surface area (Å²) in [5.74, 6) is 2.16. The summed E-state index contributed by atoms with van der Waals surface area (Å²) in [4.78, 5) is 20.8. The van der Waals surface area contributed by atoms with Crippen LogP contribution in [0.1, 0.15) is 37.7 Å². The maximum Gasteiger partial charge on any atom is 0.225 e. The van der Waals surface area contributed by atoms with Gasteiger partial charge in [-0.1, -0.05) is 6.42 Å². The highest BCUT2D eigenvalue weighted by molar-refractivity contribution is 5.79. The van der Waals surface area contributed by atoms with Crippen molar-refractivity contribution in [2.75, 3.05) is 31.6 Å². The van der Waals surface area contributed by atoms with E-state index in [1.54, 1.807) is 6.20 Å². The van der Waals surface area contributed by atoms with Crippen molar-refractivity contribution >= 4 is 11.7 Å². The summed E-state index contributed by atoms with van der Waals surface area (Å²) < 4.78 is 0. The Balaban J connectivity index is 1.48. The molecule has 1 saturated carbocycles. The van der Waals surface area contributed by atoms with Crippen LogP contribution in [-0.4, -0.2) is 42.5 Å². The van der Waals surface area contributed by atoms with E-state index >= 15 is 0 Å². The molecule has 1 aromatic rings. The van der Waals surface area contributed by atoms with Gasteiger partial charge in [0.25, 0.3) is 0 Å². The molecule has 1 saturated heterocycles. The molecule has 5 heteroatoms. The Morgan fingerprint density at radius 1 is 1.35 bits per heavy atom. The maximum atomic E-state index is 12.2. The number of carbonyl (C=O) groups excluding carboxylic acids is 1. The van der Waals surface area contributed by atoms with Crippen molar-refractivity contribution < 1.29 is 4.79 Å². The van der Waals surface area contributed by atoms with Gasteiger partial charge in [-0.3, -0.25) is 4.79 Å². The molecule has 2 heterocycles. The van der Waals surface area contributed by atoms with Crippen LogP contribution in [-0.2, 0) is 4.79 Å². The molecular weight excluding hydrogens is 288 g/mol. The van der Waals surface area contributed by atoms with E-state index in [1.165, 1.54) is 6.42 Å². The van der Waals surface area contributed by atoms with Gasteiger partial charge in [0.2, 0.25) is 5.91 Å². The number of amides is 1. The van der Waals surface area contributed by atoms with Crippen LogP contribution in [0.4, 0.5) is 5.82 Å². The Kier molecular flexibility index (Phi) is 4.80. The highest BCUT2D eigenvalue weighted by atomic mass is 16.2. The van der Waals surface area contributed by atoms with E-state index in [0.717, 1.165) is 51.1 Å². The van der Waals surface area contributed by atoms with E-state index in [1.807, 2.05) is 24.1 Å². The first-order valence-corrected chi connectivity index (χ1v) is 8.53. The van der Waals surface area contributed by atoms with Crippen molar-refractivity contribution in [3.63, 3.8) is 0 Å². The van der Waals surface area contributed by atoms with Gasteiger partial charge in [0.15, 0.2) is 0 Å². The number of anilines is 1. The second kappa shape index (κ2) is 6.99. The molecule has 1 aromatic heterocycles. The number of nitriles is 1. The van der Waals surface area contributed by atoms with Gasteiger partial charge in [-0.05, 0) is 43.7 Å². The van der Waals surface area contributed by atoms with Crippen LogP contribution in [0.15, 0.2) is 18.3 Å². The van der Waals surface area contributed by atoms with Gasteiger partial charge < -0.3 is 9.80 Å². The fourth-order valence-corrected chi connectivity index (χ4v) is 3.43. The molecule has 2 fully saturated rings. The van der Waals surface area contributed by atoms with Gasteiger partial charge in [-0.25, -0.2) is 4.98 Å². The summed E-state index contributed by atoms with van der Waals surface area (Å²) in [6.45, 7) is 2.81. The minimum Gasteiger partial charge on any atom is -0.357 e. The molecule has 23 heavy (non-hydrogen) atoms. The standard InChI is InChI=1S/C18H24N4O/c1-21(18(23)16-3-2-4-16)13-14-7-9-22(10-8-14)17-6-5-15(11-19)12-20-17/h5-6,12,14,16H,2-4,7-10,13H2,1H3. The molecule has 0 spiro atoms. The second-order valence-electron chi connectivity index (χ2n) is 6.79. The van der Waals surface area contributed by atoms with Crippen LogP contribution in [0.3, 0.4) is 0 Å². The molecule has 3 rings (SSSR count).